The van der Waals surface area contributed by atoms with Crippen molar-refractivity contribution in [2.75, 3.05) is 12.4 Å². The van der Waals surface area contributed by atoms with Gasteiger partial charge >= 0.3 is 0 Å². The van der Waals surface area contributed by atoms with E-state index in [-0.39, 0.29) is 0 Å². The summed E-state index contributed by atoms with van der Waals surface area (Å²) >= 11 is 0. The molecule has 0 radical (unpaired) electrons. The van der Waals surface area contributed by atoms with Gasteiger partial charge in [-0.25, -0.2) is 9.97 Å². The van der Waals surface area contributed by atoms with Crippen LogP contribution in [-0.4, -0.2) is 17.1 Å². The first-order chi connectivity index (χ1) is 8.81. The van der Waals surface area contributed by atoms with Crippen molar-refractivity contribution in [1.29, 1.82) is 0 Å². The van der Waals surface area contributed by atoms with Crippen molar-refractivity contribution in [3.05, 3.63) is 47.8 Å². The Bertz CT molecular complexity index is 499. The minimum absolute atomic E-state index is 0.416. The predicted molar refractivity (Wildman–Crippen MR) is 70.2 cm³/mol. The molecule has 5 heteroatoms. The number of methoxy groups -OCH3 is 1. The number of rotatable bonds is 5. The van der Waals surface area contributed by atoms with E-state index < -0.39 is 0 Å². The number of ether oxygens (including phenoxy) is 1. The van der Waals surface area contributed by atoms with Crippen LogP contribution in [0.15, 0.2) is 36.5 Å². The normalized spacial score (nSPS) is 10.1. The van der Waals surface area contributed by atoms with E-state index in [2.05, 4.69) is 15.3 Å². The zero-order chi connectivity index (χ0) is 12.8. The SMILES string of the molecule is COc1ccc(CNc2nccc(CN)n2)cc1. The summed E-state index contributed by atoms with van der Waals surface area (Å²) in [6, 6.07) is 9.65. The van der Waals surface area contributed by atoms with Gasteiger partial charge in [0, 0.05) is 19.3 Å². The fourth-order valence-electron chi connectivity index (χ4n) is 1.52. The molecule has 0 saturated carbocycles. The number of hydrogen-bond acceptors (Lipinski definition) is 5. The van der Waals surface area contributed by atoms with Crippen LogP contribution < -0.4 is 15.8 Å². The Labute approximate surface area is 106 Å². The topological polar surface area (TPSA) is 73.1 Å². The highest BCUT2D eigenvalue weighted by molar-refractivity contribution is 5.31. The van der Waals surface area contributed by atoms with Crippen molar-refractivity contribution >= 4 is 5.95 Å². The molecule has 0 fully saturated rings. The Morgan fingerprint density at radius 3 is 2.67 bits per heavy atom. The molecule has 0 spiro atoms. The molecule has 2 rings (SSSR count). The zero-order valence-corrected chi connectivity index (χ0v) is 10.3. The summed E-state index contributed by atoms with van der Waals surface area (Å²) in [5.74, 6) is 1.44. The van der Waals surface area contributed by atoms with Crippen LogP contribution in [0.2, 0.25) is 0 Å². The third kappa shape index (κ3) is 3.18. The maximum Gasteiger partial charge on any atom is 0.223 e. The van der Waals surface area contributed by atoms with Crippen LogP contribution in [0.1, 0.15) is 11.3 Å². The molecular formula is C13H16N4O. The molecule has 1 aromatic heterocycles. The number of nitrogens with zero attached hydrogens (tertiary/aromatic N) is 2. The van der Waals surface area contributed by atoms with Gasteiger partial charge in [0.2, 0.25) is 5.95 Å². The number of nitrogens with one attached hydrogen (secondary N) is 1. The number of aromatic nitrogens is 2. The van der Waals surface area contributed by atoms with Crippen LogP contribution in [-0.2, 0) is 13.1 Å². The molecule has 0 unspecified atom stereocenters. The van der Waals surface area contributed by atoms with Crippen LogP contribution in [0, 0.1) is 0 Å². The third-order valence-corrected chi connectivity index (χ3v) is 2.53. The van der Waals surface area contributed by atoms with Gasteiger partial charge in [0.25, 0.3) is 0 Å². The second-order valence-corrected chi connectivity index (χ2v) is 3.78. The minimum atomic E-state index is 0.416. The molecule has 5 nitrogen and oxygen atoms in total. The van der Waals surface area contributed by atoms with Crippen LogP contribution in [0.25, 0.3) is 0 Å². The van der Waals surface area contributed by atoms with E-state index in [9.17, 15) is 0 Å². The summed E-state index contributed by atoms with van der Waals surface area (Å²) in [6.45, 7) is 1.08. The number of nitrogens with two attached hydrogens (primary N) is 1. The van der Waals surface area contributed by atoms with Crippen molar-refractivity contribution in [3.8, 4) is 5.75 Å². The maximum atomic E-state index is 5.53. The summed E-state index contributed by atoms with van der Waals surface area (Å²) in [5, 5.41) is 3.15. The van der Waals surface area contributed by atoms with Crippen LogP contribution in [0.3, 0.4) is 0 Å². The summed E-state index contributed by atoms with van der Waals surface area (Å²) in [4.78, 5) is 8.40. The number of benzene rings is 1. The van der Waals surface area contributed by atoms with E-state index in [0.717, 1.165) is 17.0 Å². The van der Waals surface area contributed by atoms with Crippen LogP contribution >= 0.6 is 0 Å². The van der Waals surface area contributed by atoms with E-state index in [1.54, 1.807) is 19.4 Å². The Kier molecular flexibility index (Phi) is 4.09. The molecule has 2 aromatic rings. The molecule has 0 aliphatic heterocycles. The van der Waals surface area contributed by atoms with Gasteiger partial charge in [0.1, 0.15) is 5.75 Å². The van der Waals surface area contributed by atoms with Gasteiger partial charge in [-0.15, -0.1) is 0 Å². The lowest BCUT2D eigenvalue weighted by Gasteiger charge is -2.06. The largest absolute Gasteiger partial charge is 0.497 e. The fourth-order valence-corrected chi connectivity index (χ4v) is 1.52. The molecule has 3 N–H and O–H groups in total. The fraction of sp³-hybridized carbons (Fsp3) is 0.231. The molecule has 94 valence electrons. The molecule has 0 atom stereocenters. The van der Waals surface area contributed by atoms with Crippen molar-refractivity contribution in [2.45, 2.75) is 13.1 Å². The highest BCUT2D eigenvalue weighted by Gasteiger charge is 1.98. The predicted octanol–water partition coefficient (Wildman–Crippen LogP) is 1.56. The standard InChI is InChI=1S/C13H16N4O/c1-18-12-4-2-10(3-5-12)9-16-13-15-7-6-11(8-14)17-13/h2-7H,8-9,14H2,1H3,(H,15,16,17). The smallest absolute Gasteiger partial charge is 0.223 e. The quantitative estimate of drug-likeness (QED) is 0.835. The molecule has 0 amide bonds. The molecule has 1 heterocycles. The van der Waals surface area contributed by atoms with Crippen molar-refractivity contribution in [2.24, 2.45) is 5.73 Å². The highest BCUT2D eigenvalue weighted by Crippen LogP contribution is 2.12. The maximum absolute atomic E-state index is 5.53. The van der Waals surface area contributed by atoms with Gasteiger partial charge in [0.15, 0.2) is 0 Å². The van der Waals surface area contributed by atoms with Crippen molar-refractivity contribution in [1.82, 2.24) is 9.97 Å². The van der Waals surface area contributed by atoms with E-state index in [1.165, 1.54) is 0 Å². The average molecular weight is 244 g/mol. The molecule has 0 bridgehead atoms. The molecule has 0 aliphatic carbocycles. The average Bonchev–Trinajstić information content (AvgIpc) is 2.46. The monoisotopic (exact) mass is 244 g/mol. The third-order valence-electron chi connectivity index (χ3n) is 2.53. The van der Waals surface area contributed by atoms with Gasteiger partial charge < -0.3 is 15.8 Å². The molecule has 0 saturated heterocycles. The van der Waals surface area contributed by atoms with Gasteiger partial charge in [-0.3, -0.25) is 0 Å². The van der Waals surface area contributed by atoms with Crippen molar-refractivity contribution in [3.63, 3.8) is 0 Å². The lowest BCUT2D eigenvalue weighted by atomic mass is 10.2. The molecular weight excluding hydrogens is 228 g/mol. The molecule has 0 aliphatic rings. The summed E-state index contributed by atoms with van der Waals surface area (Å²) in [6.07, 6.45) is 1.70. The lowest BCUT2D eigenvalue weighted by Crippen LogP contribution is -2.06. The van der Waals surface area contributed by atoms with E-state index >= 15 is 0 Å². The molecule has 1 aromatic carbocycles. The summed E-state index contributed by atoms with van der Waals surface area (Å²) < 4.78 is 5.10. The van der Waals surface area contributed by atoms with E-state index in [0.29, 0.717) is 19.0 Å². The summed E-state index contributed by atoms with van der Waals surface area (Å²) in [7, 11) is 1.65. The lowest BCUT2D eigenvalue weighted by molar-refractivity contribution is 0.414. The Balaban J connectivity index is 1.97. The van der Waals surface area contributed by atoms with Gasteiger partial charge in [-0.1, -0.05) is 12.1 Å². The van der Waals surface area contributed by atoms with E-state index in [4.69, 9.17) is 10.5 Å². The molecule has 18 heavy (non-hydrogen) atoms. The van der Waals surface area contributed by atoms with Crippen LogP contribution in [0.4, 0.5) is 5.95 Å². The Morgan fingerprint density at radius 2 is 2.00 bits per heavy atom. The summed E-state index contributed by atoms with van der Waals surface area (Å²) in [5.41, 5.74) is 7.48. The highest BCUT2D eigenvalue weighted by atomic mass is 16.5. The Morgan fingerprint density at radius 1 is 1.22 bits per heavy atom. The first-order valence-corrected chi connectivity index (χ1v) is 5.70. The van der Waals surface area contributed by atoms with E-state index in [1.807, 2.05) is 24.3 Å². The van der Waals surface area contributed by atoms with Gasteiger partial charge in [0.05, 0.1) is 12.8 Å². The second kappa shape index (κ2) is 5.97. The first kappa shape index (κ1) is 12.3. The number of anilines is 1. The number of hydrogen-bond donors (Lipinski definition) is 2. The van der Waals surface area contributed by atoms with Crippen molar-refractivity contribution < 1.29 is 4.74 Å². The van der Waals surface area contributed by atoms with Gasteiger partial charge in [-0.2, -0.15) is 0 Å². The minimum Gasteiger partial charge on any atom is -0.497 e. The first-order valence-electron chi connectivity index (χ1n) is 5.70. The second-order valence-electron chi connectivity index (χ2n) is 3.78. The van der Waals surface area contributed by atoms with Gasteiger partial charge in [-0.05, 0) is 23.8 Å². The Hall–Kier alpha value is -2.14. The van der Waals surface area contributed by atoms with Crippen LogP contribution in [0.5, 0.6) is 5.75 Å². The zero-order valence-electron chi connectivity index (χ0n) is 10.3.